The second-order valence-electron chi connectivity index (χ2n) is 5.92. The van der Waals surface area contributed by atoms with Gasteiger partial charge in [0.2, 0.25) is 0 Å². The van der Waals surface area contributed by atoms with Gasteiger partial charge in [0.15, 0.2) is 0 Å². The van der Waals surface area contributed by atoms with Crippen molar-refractivity contribution in [1.29, 1.82) is 0 Å². The maximum atomic E-state index is 13.9. The summed E-state index contributed by atoms with van der Waals surface area (Å²) in [4.78, 5) is 24.1. The van der Waals surface area contributed by atoms with Crippen LogP contribution in [-0.2, 0) is 14.8 Å². The Morgan fingerprint density at radius 2 is 1.86 bits per heavy atom. The Hall–Kier alpha value is -2.61. The summed E-state index contributed by atoms with van der Waals surface area (Å²) in [6.07, 6.45) is 0. The molecule has 2 aromatic rings. The SMILES string of the molecule is NC(=O)c1cc(S(=O)(=O)N2CCOCC2)sc1NC(=O)c1c(O)cc(F)cc1F. The molecule has 1 fully saturated rings. The molecule has 0 unspecified atom stereocenters. The molecule has 9 nitrogen and oxygen atoms in total. The zero-order valence-electron chi connectivity index (χ0n) is 14.6. The number of hydrogen-bond acceptors (Lipinski definition) is 7. The van der Waals surface area contributed by atoms with Gasteiger partial charge in [-0.3, -0.25) is 9.59 Å². The number of nitrogens with zero attached hydrogens (tertiary/aromatic N) is 1. The Balaban J connectivity index is 1.96. The van der Waals surface area contributed by atoms with Crippen LogP contribution in [0.4, 0.5) is 13.8 Å². The van der Waals surface area contributed by atoms with Crippen LogP contribution in [0.1, 0.15) is 20.7 Å². The number of carbonyl (C=O) groups is 2. The lowest BCUT2D eigenvalue weighted by Crippen LogP contribution is -2.40. The molecule has 0 spiro atoms. The van der Waals surface area contributed by atoms with Crippen LogP contribution in [0.3, 0.4) is 0 Å². The number of halogens is 2. The highest BCUT2D eigenvalue weighted by Crippen LogP contribution is 2.34. The van der Waals surface area contributed by atoms with Crippen molar-refractivity contribution in [3.05, 3.63) is 41.0 Å². The molecule has 1 aromatic heterocycles. The number of nitrogens with one attached hydrogen (secondary N) is 1. The smallest absolute Gasteiger partial charge is 0.263 e. The summed E-state index contributed by atoms with van der Waals surface area (Å²) in [5, 5.41) is 11.6. The van der Waals surface area contributed by atoms with Crippen molar-refractivity contribution in [2.24, 2.45) is 5.73 Å². The molecule has 0 aliphatic carbocycles. The van der Waals surface area contributed by atoms with Gasteiger partial charge in [-0.2, -0.15) is 4.31 Å². The van der Waals surface area contributed by atoms with Gasteiger partial charge in [0.25, 0.3) is 21.8 Å². The molecule has 1 aliphatic heterocycles. The van der Waals surface area contributed by atoms with Gasteiger partial charge < -0.3 is 20.9 Å². The van der Waals surface area contributed by atoms with Gasteiger partial charge >= 0.3 is 0 Å². The summed E-state index contributed by atoms with van der Waals surface area (Å²) in [7, 11) is -3.98. The van der Waals surface area contributed by atoms with E-state index >= 15 is 0 Å². The van der Waals surface area contributed by atoms with Crippen molar-refractivity contribution in [2.75, 3.05) is 31.6 Å². The summed E-state index contributed by atoms with van der Waals surface area (Å²) < 4.78 is 58.5. The van der Waals surface area contributed by atoms with Crippen molar-refractivity contribution in [3.63, 3.8) is 0 Å². The molecule has 0 saturated carbocycles. The van der Waals surface area contributed by atoms with Crippen molar-refractivity contribution >= 4 is 38.2 Å². The average Bonchev–Trinajstić information content (AvgIpc) is 3.06. The molecule has 1 aliphatic rings. The fourth-order valence-electron chi connectivity index (χ4n) is 2.64. The molecule has 1 saturated heterocycles. The predicted molar refractivity (Wildman–Crippen MR) is 98.4 cm³/mol. The van der Waals surface area contributed by atoms with E-state index in [-0.39, 0.29) is 41.1 Å². The fourth-order valence-corrected chi connectivity index (χ4v) is 5.57. The molecule has 2 amide bonds. The molecule has 13 heteroatoms. The minimum Gasteiger partial charge on any atom is -0.507 e. The number of anilines is 1. The number of aromatic hydroxyl groups is 1. The molecule has 2 heterocycles. The maximum Gasteiger partial charge on any atom is 0.263 e. The third kappa shape index (κ3) is 4.22. The highest BCUT2D eigenvalue weighted by atomic mass is 32.2. The second kappa shape index (κ2) is 8.02. The zero-order valence-corrected chi connectivity index (χ0v) is 16.3. The van der Waals surface area contributed by atoms with E-state index in [1.165, 1.54) is 0 Å². The van der Waals surface area contributed by atoms with Crippen LogP contribution < -0.4 is 11.1 Å². The largest absolute Gasteiger partial charge is 0.507 e. The van der Waals surface area contributed by atoms with E-state index in [0.29, 0.717) is 23.5 Å². The monoisotopic (exact) mass is 447 g/mol. The van der Waals surface area contributed by atoms with Gasteiger partial charge in [0, 0.05) is 25.2 Å². The summed E-state index contributed by atoms with van der Waals surface area (Å²) in [5.41, 5.74) is 4.08. The number of sulfonamides is 1. The predicted octanol–water partition coefficient (Wildman–Crippen LogP) is 1.10. The Kier molecular flexibility index (Phi) is 5.84. The summed E-state index contributed by atoms with van der Waals surface area (Å²) in [6, 6.07) is 1.94. The number of phenols is 1. The fraction of sp³-hybridized carbons (Fsp3) is 0.250. The van der Waals surface area contributed by atoms with Gasteiger partial charge in [0.05, 0.1) is 18.8 Å². The second-order valence-corrected chi connectivity index (χ2v) is 9.14. The van der Waals surface area contributed by atoms with Gasteiger partial charge in [-0.25, -0.2) is 17.2 Å². The number of thiophene rings is 1. The van der Waals surface area contributed by atoms with Crippen LogP contribution in [0.5, 0.6) is 5.75 Å². The van der Waals surface area contributed by atoms with E-state index in [1.54, 1.807) is 0 Å². The number of rotatable bonds is 5. The van der Waals surface area contributed by atoms with E-state index in [2.05, 4.69) is 5.32 Å². The molecule has 29 heavy (non-hydrogen) atoms. The van der Waals surface area contributed by atoms with Crippen molar-refractivity contribution in [1.82, 2.24) is 4.31 Å². The van der Waals surface area contributed by atoms with Crippen LogP contribution in [0, 0.1) is 11.6 Å². The first-order valence-electron chi connectivity index (χ1n) is 8.12. The van der Waals surface area contributed by atoms with E-state index < -0.39 is 44.8 Å². The van der Waals surface area contributed by atoms with Gasteiger partial charge in [-0.1, -0.05) is 0 Å². The first-order valence-corrected chi connectivity index (χ1v) is 10.4. The van der Waals surface area contributed by atoms with Crippen LogP contribution in [0.2, 0.25) is 0 Å². The van der Waals surface area contributed by atoms with Crippen LogP contribution in [-0.4, -0.2) is 55.9 Å². The van der Waals surface area contributed by atoms with Crippen LogP contribution in [0.25, 0.3) is 0 Å². The molecule has 0 bridgehead atoms. The Bertz CT molecular complexity index is 1060. The molecule has 4 N–H and O–H groups in total. The van der Waals surface area contributed by atoms with Gasteiger partial charge in [-0.05, 0) is 6.07 Å². The first kappa shape index (κ1) is 21.1. The number of carbonyl (C=O) groups excluding carboxylic acids is 2. The van der Waals surface area contributed by atoms with Crippen LogP contribution >= 0.6 is 11.3 Å². The Morgan fingerprint density at radius 3 is 2.45 bits per heavy atom. The topological polar surface area (TPSA) is 139 Å². The molecule has 1 aromatic carbocycles. The third-order valence-electron chi connectivity index (χ3n) is 4.03. The molecule has 156 valence electrons. The Morgan fingerprint density at radius 1 is 1.21 bits per heavy atom. The molecular formula is C16H15F2N3O6S2. The molecular weight excluding hydrogens is 432 g/mol. The highest BCUT2D eigenvalue weighted by Gasteiger charge is 2.31. The molecule has 3 rings (SSSR count). The van der Waals surface area contributed by atoms with Crippen molar-refractivity contribution in [3.8, 4) is 5.75 Å². The number of phenolic OH excluding ortho intramolecular Hbond substituents is 1. The van der Waals surface area contributed by atoms with E-state index in [1.807, 2.05) is 0 Å². The summed E-state index contributed by atoms with van der Waals surface area (Å²) >= 11 is 0.545. The summed E-state index contributed by atoms with van der Waals surface area (Å²) in [5.74, 6) is -5.62. The van der Waals surface area contributed by atoms with E-state index in [9.17, 15) is 31.9 Å². The van der Waals surface area contributed by atoms with Crippen LogP contribution in [0.15, 0.2) is 22.4 Å². The lowest BCUT2D eigenvalue weighted by atomic mass is 10.1. The number of nitrogens with two attached hydrogens (primary N) is 1. The number of morpholine rings is 1. The standard InChI is InChI=1S/C16H15F2N3O6S2/c17-8-5-10(18)13(11(22)6-8)15(24)20-16-9(14(19)23)7-12(28-16)29(25,26)21-1-3-27-4-2-21/h5-7,22H,1-4H2,(H2,19,23)(H,20,24). The van der Waals surface area contributed by atoms with Gasteiger partial charge in [0.1, 0.15) is 32.2 Å². The van der Waals surface area contributed by atoms with E-state index in [0.717, 1.165) is 10.4 Å². The lowest BCUT2D eigenvalue weighted by Gasteiger charge is -2.25. The first-order chi connectivity index (χ1) is 13.6. The number of ether oxygens (including phenoxy) is 1. The molecule has 0 radical (unpaired) electrons. The van der Waals surface area contributed by atoms with Crippen molar-refractivity contribution in [2.45, 2.75) is 4.21 Å². The Labute approximate surface area is 167 Å². The van der Waals surface area contributed by atoms with Crippen molar-refractivity contribution < 1.29 is 36.6 Å². The third-order valence-corrected chi connectivity index (χ3v) is 7.43. The number of amides is 2. The number of hydrogen-bond donors (Lipinski definition) is 3. The summed E-state index contributed by atoms with van der Waals surface area (Å²) in [6.45, 7) is 0.644. The molecule has 0 atom stereocenters. The van der Waals surface area contributed by atoms with E-state index in [4.69, 9.17) is 10.5 Å². The van der Waals surface area contributed by atoms with Gasteiger partial charge in [-0.15, -0.1) is 11.3 Å². The average molecular weight is 447 g/mol. The highest BCUT2D eigenvalue weighted by molar-refractivity contribution is 7.91. The quantitative estimate of drug-likeness (QED) is 0.627. The number of benzene rings is 1. The minimum atomic E-state index is -3.98. The zero-order chi connectivity index (χ0) is 21.3. The maximum absolute atomic E-state index is 13.9. The minimum absolute atomic E-state index is 0.114. The normalized spacial score (nSPS) is 15.2. The lowest BCUT2D eigenvalue weighted by molar-refractivity contribution is 0.0731. The number of primary amides is 1.